The summed E-state index contributed by atoms with van der Waals surface area (Å²) >= 11 is 3.26. The number of aliphatic hydroxyl groups excluding tert-OH is 1. The number of halogens is 3. The lowest BCUT2D eigenvalue weighted by molar-refractivity contribution is 0.176. The molecule has 0 amide bonds. The van der Waals surface area contributed by atoms with E-state index in [2.05, 4.69) is 20.9 Å². The van der Waals surface area contributed by atoms with E-state index in [1.807, 2.05) is 0 Å². The third-order valence-electron chi connectivity index (χ3n) is 2.52. The van der Waals surface area contributed by atoms with E-state index in [1.54, 1.807) is 18.3 Å². The number of benzene rings is 1. The number of aliphatic hydroxyl groups is 1. The van der Waals surface area contributed by atoms with E-state index in [0.29, 0.717) is 11.3 Å². The highest BCUT2D eigenvalue weighted by Crippen LogP contribution is 2.20. The highest BCUT2D eigenvalue weighted by molar-refractivity contribution is 9.10. The van der Waals surface area contributed by atoms with Crippen LogP contribution in [-0.4, -0.2) is 10.1 Å². The van der Waals surface area contributed by atoms with Gasteiger partial charge in [0.15, 0.2) is 11.6 Å². The highest BCUT2D eigenvalue weighted by Gasteiger charge is 2.12. The minimum Gasteiger partial charge on any atom is -0.388 e. The first-order valence-corrected chi connectivity index (χ1v) is 6.09. The fourth-order valence-corrected chi connectivity index (χ4v) is 1.80. The molecule has 1 heterocycles. The highest BCUT2D eigenvalue weighted by atomic mass is 79.9. The number of hydrogen-bond acceptors (Lipinski definition) is 2. The molecule has 0 radical (unpaired) electrons. The van der Waals surface area contributed by atoms with Crippen molar-refractivity contribution in [2.75, 3.05) is 0 Å². The molecule has 1 atom stereocenters. The number of rotatable bonds is 3. The van der Waals surface area contributed by atoms with E-state index >= 15 is 0 Å². The first-order valence-electron chi connectivity index (χ1n) is 5.29. The Balaban J connectivity index is 2.13. The topological polar surface area (TPSA) is 33.1 Å². The lowest BCUT2D eigenvalue weighted by Crippen LogP contribution is -2.04. The minimum atomic E-state index is -0.963. The van der Waals surface area contributed by atoms with Gasteiger partial charge in [-0.25, -0.2) is 8.78 Å². The summed E-state index contributed by atoms with van der Waals surface area (Å²) in [5.74, 6) is -1.89. The maximum absolute atomic E-state index is 13.0. The molecule has 0 aliphatic heterocycles. The summed E-state index contributed by atoms with van der Waals surface area (Å²) in [6.07, 6.45) is 0.958. The van der Waals surface area contributed by atoms with E-state index in [1.165, 1.54) is 6.07 Å². The predicted octanol–water partition coefficient (Wildman–Crippen LogP) is 3.40. The zero-order chi connectivity index (χ0) is 13.1. The number of nitrogens with zero attached hydrogens (tertiary/aromatic N) is 1. The van der Waals surface area contributed by atoms with Gasteiger partial charge in [-0.2, -0.15) is 0 Å². The maximum atomic E-state index is 13.0. The van der Waals surface area contributed by atoms with E-state index in [4.69, 9.17) is 0 Å². The molecule has 1 aromatic carbocycles. The maximum Gasteiger partial charge on any atom is 0.159 e. The van der Waals surface area contributed by atoms with Gasteiger partial charge in [0, 0.05) is 22.8 Å². The Kier molecular flexibility index (Phi) is 4.04. The molecule has 1 unspecified atom stereocenters. The molecule has 1 N–H and O–H groups in total. The molecule has 2 aromatic rings. The monoisotopic (exact) mass is 313 g/mol. The van der Waals surface area contributed by atoms with Crippen LogP contribution < -0.4 is 0 Å². The van der Waals surface area contributed by atoms with Gasteiger partial charge in [-0.3, -0.25) is 4.98 Å². The molecule has 0 aliphatic carbocycles. The summed E-state index contributed by atoms with van der Waals surface area (Å²) in [7, 11) is 0. The van der Waals surface area contributed by atoms with E-state index in [0.717, 1.165) is 16.6 Å². The Morgan fingerprint density at radius 2 is 1.94 bits per heavy atom. The zero-order valence-corrected chi connectivity index (χ0v) is 10.9. The van der Waals surface area contributed by atoms with Crippen LogP contribution in [-0.2, 0) is 6.42 Å². The summed E-state index contributed by atoms with van der Waals surface area (Å²) in [6, 6.07) is 6.93. The Morgan fingerprint density at radius 1 is 1.17 bits per heavy atom. The molecule has 0 saturated carbocycles. The SMILES string of the molecule is OC(Cc1ccc(Br)cn1)c1ccc(F)c(F)c1. The van der Waals surface area contributed by atoms with Crippen molar-refractivity contribution in [3.63, 3.8) is 0 Å². The predicted molar refractivity (Wildman–Crippen MR) is 67.0 cm³/mol. The number of aromatic nitrogens is 1. The summed E-state index contributed by atoms with van der Waals surface area (Å²) in [6.45, 7) is 0. The summed E-state index contributed by atoms with van der Waals surface area (Å²) < 4.78 is 26.6. The van der Waals surface area contributed by atoms with Gasteiger partial charge in [0.1, 0.15) is 0 Å². The van der Waals surface area contributed by atoms with E-state index in [-0.39, 0.29) is 6.42 Å². The fraction of sp³-hybridized carbons (Fsp3) is 0.154. The van der Waals surface area contributed by atoms with E-state index in [9.17, 15) is 13.9 Å². The quantitative estimate of drug-likeness (QED) is 0.942. The van der Waals surface area contributed by atoms with Crippen molar-refractivity contribution in [3.05, 3.63) is 63.9 Å². The molecule has 94 valence electrons. The Bertz CT molecular complexity index is 545. The molecule has 5 heteroatoms. The van der Waals surface area contributed by atoms with Gasteiger partial charge in [-0.1, -0.05) is 6.07 Å². The molecular formula is C13H10BrF2NO. The van der Waals surface area contributed by atoms with Gasteiger partial charge in [0.05, 0.1) is 6.10 Å². The first-order chi connectivity index (χ1) is 8.56. The van der Waals surface area contributed by atoms with Gasteiger partial charge in [-0.05, 0) is 45.8 Å². The number of hydrogen-bond donors (Lipinski definition) is 1. The molecule has 0 saturated heterocycles. The van der Waals surface area contributed by atoms with Gasteiger partial charge in [0.25, 0.3) is 0 Å². The van der Waals surface area contributed by atoms with Crippen molar-refractivity contribution in [2.45, 2.75) is 12.5 Å². The number of pyridine rings is 1. The lowest BCUT2D eigenvalue weighted by Gasteiger charge is -2.10. The van der Waals surface area contributed by atoms with Crippen LogP contribution in [0.25, 0.3) is 0 Å². The van der Waals surface area contributed by atoms with Crippen molar-refractivity contribution in [3.8, 4) is 0 Å². The summed E-state index contributed by atoms with van der Waals surface area (Å²) in [5, 5.41) is 9.92. The van der Waals surface area contributed by atoms with Crippen molar-refractivity contribution < 1.29 is 13.9 Å². The molecule has 0 spiro atoms. The molecule has 0 bridgehead atoms. The van der Waals surface area contributed by atoms with Crippen molar-refractivity contribution in [1.29, 1.82) is 0 Å². The largest absolute Gasteiger partial charge is 0.388 e. The van der Waals surface area contributed by atoms with Crippen LogP contribution in [0.5, 0.6) is 0 Å². The first kappa shape index (κ1) is 13.1. The molecule has 0 fully saturated rings. The molecular weight excluding hydrogens is 304 g/mol. The van der Waals surface area contributed by atoms with Gasteiger partial charge < -0.3 is 5.11 Å². The van der Waals surface area contributed by atoms with Crippen LogP contribution >= 0.6 is 15.9 Å². The van der Waals surface area contributed by atoms with Gasteiger partial charge in [-0.15, -0.1) is 0 Å². The van der Waals surface area contributed by atoms with Crippen LogP contribution in [0, 0.1) is 11.6 Å². The Labute approximate surface area is 111 Å². The van der Waals surface area contributed by atoms with Gasteiger partial charge >= 0.3 is 0 Å². The van der Waals surface area contributed by atoms with Gasteiger partial charge in [0.2, 0.25) is 0 Å². The van der Waals surface area contributed by atoms with Crippen LogP contribution in [0.2, 0.25) is 0 Å². The molecule has 2 nitrogen and oxygen atoms in total. The molecule has 2 rings (SSSR count). The van der Waals surface area contributed by atoms with Crippen LogP contribution in [0.15, 0.2) is 41.0 Å². The molecule has 18 heavy (non-hydrogen) atoms. The third kappa shape index (κ3) is 3.11. The normalized spacial score (nSPS) is 12.4. The second-order valence-electron chi connectivity index (χ2n) is 3.86. The Hall–Kier alpha value is -1.33. The summed E-state index contributed by atoms with van der Waals surface area (Å²) in [5.41, 5.74) is 1.01. The third-order valence-corrected chi connectivity index (χ3v) is 2.99. The van der Waals surface area contributed by atoms with Crippen LogP contribution in [0.1, 0.15) is 17.4 Å². The van der Waals surface area contributed by atoms with E-state index < -0.39 is 17.7 Å². The lowest BCUT2D eigenvalue weighted by atomic mass is 10.0. The Morgan fingerprint density at radius 3 is 2.56 bits per heavy atom. The molecule has 0 aliphatic rings. The average Bonchev–Trinajstić information content (AvgIpc) is 2.35. The van der Waals surface area contributed by atoms with Crippen molar-refractivity contribution in [1.82, 2.24) is 4.98 Å². The minimum absolute atomic E-state index is 0.248. The van der Waals surface area contributed by atoms with Crippen LogP contribution in [0.4, 0.5) is 8.78 Å². The van der Waals surface area contributed by atoms with Crippen molar-refractivity contribution in [2.24, 2.45) is 0 Å². The molecule has 1 aromatic heterocycles. The fourth-order valence-electron chi connectivity index (χ4n) is 1.56. The zero-order valence-electron chi connectivity index (χ0n) is 9.28. The standard InChI is InChI=1S/C13H10BrF2NO/c14-9-2-3-10(17-7-9)6-13(18)8-1-4-11(15)12(16)5-8/h1-5,7,13,18H,6H2. The second-order valence-corrected chi connectivity index (χ2v) is 4.78. The smallest absolute Gasteiger partial charge is 0.159 e. The average molecular weight is 314 g/mol. The summed E-state index contributed by atoms with van der Waals surface area (Å²) in [4.78, 5) is 4.11. The van der Waals surface area contributed by atoms with Crippen molar-refractivity contribution >= 4 is 15.9 Å². The van der Waals surface area contributed by atoms with Crippen LogP contribution in [0.3, 0.4) is 0 Å². The second kappa shape index (κ2) is 5.54.